The van der Waals surface area contributed by atoms with Gasteiger partial charge in [0.2, 0.25) is 23.6 Å². The number of rotatable bonds is 10. The number of amides is 5. The smallest absolute Gasteiger partial charge is 0.408 e. The molecule has 214 valence electrons. The maximum absolute atomic E-state index is 13.4. The topological polar surface area (TPSA) is 192 Å². The van der Waals surface area contributed by atoms with E-state index < -0.39 is 60.1 Å². The van der Waals surface area contributed by atoms with E-state index in [0.717, 1.165) is 5.56 Å². The van der Waals surface area contributed by atoms with Gasteiger partial charge in [-0.3, -0.25) is 19.2 Å². The highest BCUT2D eigenvalue weighted by Gasteiger charge is 2.43. The van der Waals surface area contributed by atoms with Gasteiger partial charge in [0.05, 0.1) is 18.1 Å². The Morgan fingerprint density at radius 1 is 1.00 bits per heavy atom. The van der Waals surface area contributed by atoms with E-state index in [0.29, 0.717) is 19.3 Å². The summed E-state index contributed by atoms with van der Waals surface area (Å²) in [7, 11) is 0. The molecule has 39 heavy (non-hydrogen) atoms. The molecule has 13 heteroatoms. The summed E-state index contributed by atoms with van der Waals surface area (Å²) in [6, 6.07) is 5.62. The molecule has 1 aromatic carbocycles. The zero-order chi connectivity index (χ0) is 28.7. The fraction of sp³-hybridized carbons (Fsp3) is 0.577. The number of nitrogens with one attached hydrogen (secondary N) is 2. The van der Waals surface area contributed by atoms with E-state index in [1.54, 1.807) is 24.3 Å². The number of hydrogen-bond donors (Lipinski definition) is 5. The number of carbonyl (C=O) groups excluding carboxylic acids is 5. The molecule has 2 heterocycles. The third kappa shape index (κ3) is 7.67. The largest absolute Gasteiger partial charge is 0.445 e. The van der Waals surface area contributed by atoms with Crippen LogP contribution in [0.15, 0.2) is 30.3 Å². The lowest BCUT2D eigenvalue weighted by Crippen LogP contribution is -2.57. The van der Waals surface area contributed by atoms with Crippen LogP contribution in [0.5, 0.6) is 0 Å². The monoisotopic (exact) mass is 547 g/mol. The van der Waals surface area contributed by atoms with Crippen molar-refractivity contribution < 1.29 is 38.9 Å². The van der Waals surface area contributed by atoms with Gasteiger partial charge in [-0.15, -0.1) is 0 Å². The van der Waals surface area contributed by atoms with Crippen molar-refractivity contribution in [2.45, 2.75) is 70.1 Å². The van der Waals surface area contributed by atoms with E-state index in [4.69, 9.17) is 10.5 Å². The standard InChI is InChI=1S/C26H37N5O8/c1-15(32)20(22(27)34)28-23(35)18-10-12-30(13-18)24(36)19-9-6-11-31(19)25(37)21(16(2)33)29-26(38)39-14-17-7-4-3-5-8-17/h3-5,7-8,15-16,18-21,32-33H,6,9-14H2,1-2H3,(H2,27,34)(H,28,35)(H,29,38)/t15-,16-,18-,19+,20+,21+/m1/s1. The third-order valence-corrected chi connectivity index (χ3v) is 7.01. The lowest BCUT2D eigenvalue weighted by atomic mass is 10.1. The first-order valence-electron chi connectivity index (χ1n) is 13.0. The van der Waals surface area contributed by atoms with Gasteiger partial charge < -0.3 is 41.1 Å². The number of carbonyl (C=O) groups is 5. The molecule has 2 aliphatic rings. The van der Waals surface area contributed by atoms with Gasteiger partial charge in [-0.1, -0.05) is 30.3 Å². The van der Waals surface area contributed by atoms with E-state index in [-0.39, 0.29) is 32.1 Å². The number of benzene rings is 1. The summed E-state index contributed by atoms with van der Waals surface area (Å²) in [5, 5.41) is 24.8. The Bertz CT molecular complexity index is 1050. The van der Waals surface area contributed by atoms with Gasteiger partial charge in [0.15, 0.2) is 0 Å². The number of nitrogens with two attached hydrogens (primary N) is 1. The van der Waals surface area contributed by atoms with Crippen molar-refractivity contribution in [1.82, 2.24) is 20.4 Å². The van der Waals surface area contributed by atoms with Gasteiger partial charge in [-0.2, -0.15) is 0 Å². The average Bonchev–Trinajstić information content (AvgIpc) is 3.59. The number of hydrogen-bond acceptors (Lipinski definition) is 8. The second-order valence-electron chi connectivity index (χ2n) is 10.0. The van der Waals surface area contributed by atoms with Gasteiger partial charge >= 0.3 is 6.09 Å². The minimum absolute atomic E-state index is 0.0146. The second kappa shape index (κ2) is 13.4. The molecule has 1 aromatic rings. The van der Waals surface area contributed by atoms with E-state index in [9.17, 15) is 34.2 Å². The molecule has 6 atom stereocenters. The molecule has 6 N–H and O–H groups in total. The third-order valence-electron chi connectivity index (χ3n) is 7.01. The predicted molar refractivity (Wildman–Crippen MR) is 137 cm³/mol. The normalized spacial score (nSPS) is 21.9. The fourth-order valence-corrected chi connectivity index (χ4v) is 4.83. The van der Waals surface area contributed by atoms with Crippen LogP contribution in [-0.2, 0) is 30.5 Å². The molecule has 2 saturated heterocycles. The van der Waals surface area contributed by atoms with E-state index in [1.807, 2.05) is 6.07 Å². The minimum Gasteiger partial charge on any atom is -0.445 e. The van der Waals surface area contributed by atoms with Crippen LogP contribution in [0.4, 0.5) is 4.79 Å². The van der Waals surface area contributed by atoms with Crippen LogP contribution < -0.4 is 16.4 Å². The zero-order valence-corrected chi connectivity index (χ0v) is 22.1. The minimum atomic E-state index is -1.31. The molecule has 0 saturated carbocycles. The van der Waals surface area contributed by atoms with Crippen molar-refractivity contribution in [3.63, 3.8) is 0 Å². The Kier molecular flexibility index (Phi) is 10.2. The molecule has 0 radical (unpaired) electrons. The highest BCUT2D eigenvalue weighted by Crippen LogP contribution is 2.25. The molecule has 3 rings (SSSR count). The highest BCUT2D eigenvalue weighted by atomic mass is 16.5. The summed E-state index contributed by atoms with van der Waals surface area (Å²) in [6.07, 6.45) is -2.00. The molecule has 13 nitrogen and oxygen atoms in total. The van der Waals surface area contributed by atoms with Crippen LogP contribution in [0.3, 0.4) is 0 Å². The Morgan fingerprint density at radius 2 is 1.67 bits per heavy atom. The Morgan fingerprint density at radius 3 is 2.28 bits per heavy atom. The van der Waals surface area contributed by atoms with Crippen molar-refractivity contribution in [2.24, 2.45) is 11.7 Å². The van der Waals surface area contributed by atoms with E-state index in [1.165, 1.54) is 23.6 Å². The predicted octanol–water partition coefficient (Wildman–Crippen LogP) is -1.15. The summed E-state index contributed by atoms with van der Waals surface area (Å²) >= 11 is 0. The highest BCUT2D eigenvalue weighted by molar-refractivity contribution is 5.93. The summed E-state index contributed by atoms with van der Waals surface area (Å²) < 4.78 is 5.18. The Labute approximate surface area is 226 Å². The van der Waals surface area contributed by atoms with Crippen molar-refractivity contribution >= 4 is 29.7 Å². The molecule has 2 aliphatic heterocycles. The van der Waals surface area contributed by atoms with Crippen LogP contribution >= 0.6 is 0 Å². The van der Waals surface area contributed by atoms with Gasteiger partial charge in [-0.05, 0) is 38.7 Å². The molecule has 0 spiro atoms. The first kappa shape index (κ1) is 29.8. The van der Waals surface area contributed by atoms with Crippen LogP contribution in [0.25, 0.3) is 0 Å². The SMILES string of the molecule is C[C@@H](O)[C@H](NC(=O)[C@@H]1CCN(C(=O)[C@@H]2CCCN2C(=O)[C@@H](NC(=O)OCc2ccccc2)[C@@H](C)O)C1)C(N)=O. The number of nitrogens with zero attached hydrogens (tertiary/aromatic N) is 2. The van der Waals surface area contributed by atoms with Crippen LogP contribution in [0.1, 0.15) is 38.7 Å². The molecule has 0 aliphatic carbocycles. The van der Waals surface area contributed by atoms with Crippen molar-refractivity contribution in [3.05, 3.63) is 35.9 Å². The Hall–Kier alpha value is -3.71. The quantitative estimate of drug-likeness (QED) is 0.242. The average molecular weight is 548 g/mol. The van der Waals surface area contributed by atoms with E-state index in [2.05, 4.69) is 10.6 Å². The molecule has 0 aromatic heterocycles. The number of alkyl carbamates (subject to hydrolysis) is 1. The van der Waals surface area contributed by atoms with Crippen LogP contribution in [0, 0.1) is 5.92 Å². The summed E-state index contributed by atoms with van der Waals surface area (Å²) in [5.41, 5.74) is 5.99. The van der Waals surface area contributed by atoms with Crippen LogP contribution in [0.2, 0.25) is 0 Å². The summed E-state index contributed by atoms with van der Waals surface area (Å²) in [5.74, 6) is -2.91. The van der Waals surface area contributed by atoms with Crippen molar-refractivity contribution in [2.75, 3.05) is 19.6 Å². The van der Waals surface area contributed by atoms with Crippen LogP contribution in [-0.4, -0.2) is 99.7 Å². The maximum Gasteiger partial charge on any atom is 0.408 e. The zero-order valence-electron chi connectivity index (χ0n) is 22.1. The molecular weight excluding hydrogens is 510 g/mol. The van der Waals surface area contributed by atoms with Gasteiger partial charge in [0.1, 0.15) is 24.7 Å². The first-order valence-corrected chi connectivity index (χ1v) is 13.0. The molecule has 0 unspecified atom stereocenters. The number of primary amides is 1. The first-order chi connectivity index (χ1) is 18.5. The number of aliphatic hydroxyl groups is 2. The van der Waals surface area contributed by atoms with Gasteiger partial charge in [-0.25, -0.2) is 4.79 Å². The maximum atomic E-state index is 13.4. The lowest BCUT2D eigenvalue weighted by Gasteiger charge is -2.31. The number of ether oxygens (including phenoxy) is 1. The van der Waals surface area contributed by atoms with E-state index >= 15 is 0 Å². The summed E-state index contributed by atoms with van der Waals surface area (Å²) in [6.45, 7) is 3.31. The molecule has 0 bridgehead atoms. The number of likely N-dealkylation sites (tertiary alicyclic amines) is 2. The molecule has 2 fully saturated rings. The van der Waals surface area contributed by atoms with Crippen molar-refractivity contribution in [3.8, 4) is 0 Å². The van der Waals surface area contributed by atoms with Crippen molar-refractivity contribution in [1.29, 1.82) is 0 Å². The second-order valence-corrected chi connectivity index (χ2v) is 10.0. The summed E-state index contributed by atoms with van der Waals surface area (Å²) in [4.78, 5) is 66.0. The Balaban J connectivity index is 1.59. The van der Waals surface area contributed by atoms with Gasteiger partial charge in [0, 0.05) is 19.6 Å². The molecular formula is C26H37N5O8. The fourth-order valence-electron chi connectivity index (χ4n) is 4.83. The van der Waals surface area contributed by atoms with Gasteiger partial charge in [0.25, 0.3) is 0 Å². The lowest BCUT2D eigenvalue weighted by molar-refractivity contribution is -0.146. The number of aliphatic hydroxyl groups excluding tert-OH is 2. The molecule has 5 amide bonds.